The number of hydrogen-bond donors (Lipinski definition) is 3. The minimum atomic E-state index is -1.04. The number of carboxylic acid groups (broad SMARTS) is 1. The zero-order valence-corrected chi connectivity index (χ0v) is 9.36. The van der Waals surface area contributed by atoms with Gasteiger partial charge in [-0.05, 0) is 0 Å². The lowest BCUT2D eigenvalue weighted by molar-refractivity contribution is -0.140. The number of aliphatic hydroxyl groups is 1. The van der Waals surface area contributed by atoms with Gasteiger partial charge in [-0.2, -0.15) is 0 Å². The molecule has 82 valence electrons. The van der Waals surface area contributed by atoms with Crippen LogP contribution in [0.2, 0.25) is 0 Å². The zero-order chi connectivity index (χ0) is 11.0. The third-order valence-corrected chi connectivity index (χ3v) is 3.56. The number of carbonyl (C=O) groups is 2. The van der Waals surface area contributed by atoms with Crippen molar-refractivity contribution in [3.05, 3.63) is 0 Å². The monoisotopic (exact) mass is 239 g/mol. The average molecular weight is 239 g/mol. The summed E-state index contributed by atoms with van der Waals surface area (Å²) in [7, 11) is 2.70. The van der Waals surface area contributed by atoms with Crippen molar-refractivity contribution in [1.29, 1.82) is 0 Å². The minimum Gasteiger partial charge on any atom is -0.480 e. The van der Waals surface area contributed by atoms with Crippen molar-refractivity contribution in [2.24, 2.45) is 0 Å². The largest absolute Gasteiger partial charge is 0.480 e. The van der Waals surface area contributed by atoms with Gasteiger partial charge in [0, 0.05) is 18.4 Å². The maximum absolute atomic E-state index is 10.6. The third kappa shape index (κ3) is 7.05. The van der Waals surface area contributed by atoms with Crippen LogP contribution in [-0.4, -0.2) is 46.2 Å². The molecule has 0 unspecified atom stereocenters. The van der Waals surface area contributed by atoms with Crippen LogP contribution in [0, 0.1) is 0 Å². The predicted octanol–water partition coefficient (Wildman–Crippen LogP) is -0.0506. The SMILES string of the molecule is CC(=O)N[C@H](CSSCCO)C(=O)O. The predicted molar refractivity (Wildman–Crippen MR) is 57.2 cm³/mol. The van der Waals surface area contributed by atoms with Crippen molar-refractivity contribution in [2.75, 3.05) is 18.1 Å². The summed E-state index contributed by atoms with van der Waals surface area (Å²) in [4.78, 5) is 21.2. The van der Waals surface area contributed by atoms with E-state index in [1.807, 2.05) is 0 Å². The Morgan fingerprint density at radius 2 is 2.07 bits per heavy atom. The van der Waals surface area contributed by atoms with E-state index in [0.717, 1.165) is 0 Å². The summed E-state index contributed by atoms with van der Waals surface area (Å²) in [5.74, 6) is -0.557. The maximum Gasteiger partial charge on any atom is 0.327 e. The topological polar surface area (TPSA) is 86.6 Å². The zero-order valence-electron chi connectivity index (χ0n) is 7.73. The van der Waals surface area contributed by atoms with Gasteiger partial charge in [-0.25, -0.2) is 4.79 Å². The van der Waals surface area contributed by atoms with Crippen LogP contribution in [0.3, 0.4) is 0 Å². The third-order valence-electron chi connectivity index (χ3n) is 1.17. The number of nitrogens with one attached hydrogen (secondary N) is 1. The molecule has 0 aromatic carbocycles. The van der Waals surface area contributed by atoms with Crippen LogP contribution in [0.5, 0.6) is 0 Å². The second kappa shape index (κ2) is 7.95. The fourth-order valence-electron chi connectivity index (χ4n) is 0.632. The summed E-state index contributed by atoms with van der Waals surface area (Å²) in [5, 5.41) is 19.5. The van der Waals surface area contributed by atoms with E-state index >= 15 is 0 Å². The molecule has 0 spiro atoms. The van der Waals surface area contributed by atoms with E-state index in [4.69, 9.17) is 10.2 Å². The van der Waals surface area contributed by atoms with Gasteiger partial charge in [0.1, 0.15) is 6.04 Å². The fourth-order valence-corrected chi connectivity index (χ4v) is 2.56. The molecule has 0 fully saturated rings. The van der Waals surface area contributed by atoms with Crippen molar-refractivity contribution >= 4 is 33.5 Å². The van der Waals surface area contributed by atoms with Gasteiger partial charge in [0.05, 0.1) is 6.61 Å². The lowest BCUT2D eigenvalue weighted by Gasteiger charge is -2.11. The van der Waals surface area contributed by atoms with Gasteiger partial charge in [-0.15, -0.1) is 0 Å². The number of carboxylic acids is 1. The Labute approximate surface area is 90.0 Å². The van der Waals surface area contributed by atoms with E-state index in [2.05, 4.69) is 5.32 Å². The Balaban J connectivity index is 3.74. The lowest BCUT2D eigenvalue weighted by atomic mass is 10.3. The van der Waals surface area contributed by atoms with Crippen molar-refractivity contribution in [2.45, 2.75) is 13.0 Å². The summed E-state index contributed by atoms with van der Waals surface area (Å²) in [6.07, 6.45) is 0. The first-order valence-corrected chi connectivity index (χ1v) is 6.42. The molecule has 7 heteroatoms. The highest BCUT2D eigenvalue weighted by molar-refractivity contribution is 8.76. The highest BCUT2D eigenvalue weighted by Crippen LogP contribution is 2.21. The number of amides is 1. The second-order valence-electron chi connectivity index (χ2n) is 2.42. The van der Waals surface area contributed by atoms with Crippen LogP contribution in [0.25, 0.3) is 0 Å². The number of hydrogen-bond acceptors (Lipinski definition) is 5. The van der Waals surface area contributed by atoms with Crippen molar-refractivity contribution in [3.63, 3.8) is 0 Å². The summed E-state index contributed by atoms with van der Waals surface area (Å²) in [6.45, 7) is 1.34. The van der Waals surface area contributed by atoms with Gasteiger partial charge in [0.2, 0.25) is 5.91 Å². The Kier molecular flexibility index (Phi) is 7.73. The minimum absolute atomic E-state index is 0.0650. The normalized spacial score (nSPS) is 12.1. The average Bonchev–Trinajstić information content (AvgIpc) is 2.09. The first-order valence-electron chi connectivity index (χ1n) is 3.93. The van der Waals surface area contributed by atoms with E-state index in [1.165, 1.54) is 28.5 Å². The highest BCUT2D eigenvalue weighted by Gasteiger charge is 2.17. The molecular formula is C7H13NO4S2. The molecule has 0 aliphatic heterocycles. The lowest BCUT2D eigenvalue weighted by Crippen LogP contribution is -2.41. The van der Waals surface area contributed by atoms with Crippen molar-refractivity contribution < 1.29 is 19.8 Å². The molecule has 0 heterocycles. The Hall–Kier alpha value is -0.400. The van der Waals surface area contributed by atoms with Crippen LogP contribution in [0.1, 0.15) is 6.92 Å². The van der Waals surface area contributed by atoms with E-state index in [0.29, 0.717) is 11.5 Å². The van der Waals surface area contributed by atoms with Gasteiger partial charge in [0.25, 0.3) is 0 Å². The van der Waals surface area contributed by atoms with E-state index in [1.54, 1.807) is 0 Å². The van der Waals surface area contributed by atoms with Crippen LogP contribution in [0.15, 0.2) is 0 Å². The summed E-state index contributed by atoms with van der Waals surface area (Å²) in [5.41, 5.74) is 0. The van der Waals surface area contributed by atoms with Gasteiger partial charge in [-0.1, -0.05) is 21.6 Å². The molecule has 0 bridgehead atoms. The molecule has 0 aromatic heterocycles. The first kappa shape index (κ1) is 13.6. The Morgan fingerprint density at radius 3 is 2.50 bits per heavy atom. The van der Waals surface area contributed by atoms with E-state index in [9.17, 15) is 9.59 Å². The second-order valence-corrected chi connectivity index (χ2v) is 5.05. The maximum atomic E-state index is 10.6. The van der Waals surface area contributed by atoms with Crippen LogP contribution >= 0.6 is 21.6 Å². The standard InChI is InChI=1S/C7H13NO4S2/c1-5(10)8-6(7(11)12)4-14-13-3-2-9/h6,9H,2-4H2,1H3,(H,8,10)(H,11,12)/t6-/m1/s1. The quantitative estimate of drug-likeness (QED) is 0.426. The number of carbonyl (C=O) groups excluding carboxylic acids is 1. The molecule has 5 nitrogen and oxygen atoms in total. The van der Waals surface area contributed by atoms with E-state index < -0.39 is 12.0 Å². The molecule has 0 rings (SSSR count). The summed E-state index contributed by atoms with van der Waals surface area (Å²) < 4.78 is 0. The highest BCUT2D eigenvalue weighted by atomic mass is 33.1. The molecule has 1 atom stereocenters. The number of aliphatic hydroxyl groups excluding tert-OH is 1. The number of rotatable bonds is 7. The van der Waals surface area contributed by atoms with Crippen LogP contribution in [-0.2, 0) is 9.59 Å². The van der Waals surface area contributed by atoms with E-state index in [-0.39, 0.29) is 12.5 Å². The molecule has 1 amide bonds. The number of aliphatic carboxylic acids is 1. The van der Waals surface area contributed by atoms with Crippen LogP contribution < -0.4 is 5.32 Å². The molecule has 3 N–H and O–H groups in total. The van der Waals surface area contributed by atoms with Crippen molar-refractivity contribution in [3.8, 4) is 0 Å². The molecule has 0 saturated heterocycles. The van der Waals surface area contributed by atoms with Crippen molar-refractivity contribution in [1.82, 2.24) is 5.32 Å². The summed E-state index contributed by atoms with van der Waals surface area (Å²) in [6, 6.07) is -0.858. The molecule has 0 aliphatic carbocycles. The molecule has 0 radical (unpaired) electrons. The first-order chi connectivity index (χ1) is 6.57. The van der Waals surface area contributed by atoms with Gasteiger partial charge >= 0.3 is 5.97 Å². The van der Waals surface area contributed by atoms with Gasteiger partial charge in [0.15, 0.2) is 0 Å². The smallest absolute Gasteiger partial charge is 0.327 e. The van der Waals surface area contributed by atoms with Gasteiger partial charge < -0.3 is 15.5 Å². The summed E-state index contributed by atoms with van der Waals surface area (Å²) >= 11 is 0. The van der Waals surface area contributed by atoms with Crippen LogP contribution in [0.4, 0.5) is 0 Å². The molecular weight excluding hydrogens is 226 g/mol. The molecule has 0 saturated carbocycles. The fraction of sp³-hybridized carbons (Fsp3) is 0.714. The molecule has 14 heavy (non-hydrogen) atoms. The Bertz CT molecular complexity index is 200. The molecule has 0 aromatic rings. The molecule has 0 aliphatic rings. The Morgan fingerprint density at radius 1 is 1.43 bits per heavy atom. The van der Waals surface area contributed by atoms with Gasteiger partial charge in [-0.3, -0.25) is 4.79 Å².